The topological polar surface area (TPSA) is 112 Å². The summed E-state index contributed by atoms with van der Waals surface area (Å²) >= 11 is 0. The Labute approximate surface area is 183 Å². The fourth-order valence-electron chi connectivity index (χ4n) is 3.28. The maximum Gasteiger partial charge on any atom is 0.319 e. The van der Waals surface area contributed by atoms with E-state index in [2.05, 4.69) is 15.6 Å². The Hall–Kier alpha value is -2.98. The first-order valence-electron chi connectivity index (χ1n) is 9.56. The molecule has 10 heteroatoms. The van der Waals surface area contributed by atoms with E-state index in [1.807, 2.05) is 6.07 Å². The van der Waals surface area contributed by atoms with Crippen LogP contribution in [0.15, 0.2) is 53.7 Å². The monoisotopic (exact) mass is 447 g/mol. The largest absolute Gasteiger partial charge is 0.347 e. The molecule has 1 aromatic carbocycles. The lowest BCUT2D eigenvalue weighted by molar-refractivity contribution is -0.132. The fourth-order valence-corrected chi connectivity index (χ4v) is 4.93. The van der Waals surface area contributed by atoms with E-state index in [-0.39, 0.29) is 18.2 Å². The second-order valence-corrected chi connectivity index (χ2v) is 9.09. The van der Waals surface area contributed by atoms with Crippen molar-refractivity contribution in [3.63, 3.8) is 0 Å². The van der Waals surface area contributed by atoms with Crippen LogP contribution < -0.4 is 10.6 Å². The number of aromatic nitrogens is 1. The number of pyridine rings is 1. The van der Waals surface area contributed by atoms with Crippen molar-refractivity contribution >= 4 is 27.6 Å². The maximum absolute atomic E-state index is 13.0. The lowest BCUT2D eigenvalue weighted by atomic mass is 10.2. The van der Waals surface area contributed by atoms with Crippen molar-refractivity contribution in [2.75, 3.05) is 26.0 Å². The average molecular weight is 448 g/mol. The number of carbonyl (C=O) groups excluding carboxylic acids is 2. The minimum Gasteiger partial charge on any atom is -0.347 e. The molecule has 1 aromatic heterocycles. The number of carbonyl (C=O) groups is 2. The molecule has 2 heterocycles. The van der Waals surface area contributed by atoms with Crippen LogP contribution in [0.5, 0.6) is 0 Å². The van der Waals surface area contributed by atoms with Gasteiger partial charge in [0, 0.05) is 45.3 Å². The predicted molar refractivity (Wildman–Crippen MR) is 119 cm³/mol. The summed E-state index contributed by atoms with van der Waals surface area (Å²) in [6.07, 6.45) is 4.46. The van der Waals surface area contributed by atoms with E-state index < -0.39 is 22.1 Å². The number of urea groups is 1. The highest BCUT2D eigenvalue weighted by Gasteiger charge is 2.39. The van der Waals surface area contributed by atoms with Crippen molar-refractivity contribution in [2.24, 2.45) is 0 Å². The third-order valence-corrected chi connectivity index (χ3v) is 6.75. The number of likely N-dealkylation sites (N-methyl/N-ethyl adjacent to an activating group) is 1. The molecule has 0 bridgehead atoms. The Morgan fingerprint density at radius 1 is 1.19 bits per heavy atom. The van der Waals surface area contributed by atoms with Gasteiger partial charge in [0.1, 0.15) is 6.04 Å². The molecule has 168 valence electrons. The summed E-state index contributed by atoms with van der Waals surface area (Å²) in [6.45, 7) is 0.631. The zero-order valence-electron chi connectivity index (χ0n) is 16.9. The zero-order chi connectivity index (χ0) is 21.7. The van der Waals surface area contributed by atoms with Crippen LogP contribution in [0.2, 0.25) is 0 Å². The fraction of sp³-hybridized carbons (Fsp3) is 0.381. The minimum atomic E-state index is -3.81. The van der Waals surface area contributed by atoms with Crippen molar-refractivity contribution in [3.05, 3.63) is 54.4 Å². The van der Waals surface area contributed by atoms with Crippen molar-refractivity contribution in [2.45, 2.75) is 37.8 Å². The van der Waals surface area contributed by atoms with Gasteiger partial charge in [0.05, 0.1) is 4.90 Å². The van der Waals surface area contributed by atoms with E-state index in [0.29, 0.717) is 31.6 Å². The molecule has 1 atom stereocenters. The number of nitrogens with zero attached hydrogens (tertiary/aromatic N) is 3. The van der Waals surface area contributed by atoms with Gasteiger partial charge in [0.25, 0.3) is 0 Å². The lowest BCUT2D eigenvalue weighted by Crippen LogP contribution is -2.45. The first kappa shape index (κ1) is 24.3. The number of rotatable bonds is 6. The Morgan fingerprint density at radius 2 is 1.90 bits per heavy atom. The highest BCUT2D eigenvalue weighted by Crippen LogP contribution is 2.27. The molecular formula is C21H29N5O4S. The number of hydrogen-bond acceptors (Lipinski definition) is 5. The number of anilines is 1. The summed E-state index contributed by atoms with van der Waals surface area (Å²) in [5.74, 6) is -0.223. The SMILES string of the molecule is C.CN(C)C(=O)[C@@H]1CCCN1S(=O)(=O)c1ccc(NC(=O)NCc2cccnc2)cc1. The molecule has 2 N–H and O–H groups in total. The maximum atomic E-state index is 13.0. The van der Waals surface area contributed by atoms with Crippen LogP contribution in [0.4, 0.5) is 10.5 Å². The van der Waals surface area contributed by atoms with Gasteiger partial charge < -0.3 is 15.5 Å². The molecule has 1 fully saturated rings. The Balaban J connectivity index is 0.00000341. The summed E-state index contributed by atoms with van der Waals surface area (Å²) in [7, 11) is -0.575. The zero-order valence-corrected chi connectivity index (χ0v) is 17.7. The van der Waals surface area contributed by atoms with Crippen LogP contribution in [0.1, 0.15) is 25.8 Å². The molecule has 9 nitrogen and oxygen atoms in total. The predicted octanol–water partition coefficient (Wildman–Crippen LogP) is 2.28. The molecule has 0 radical (unpaired) electrons. The highest BCUT2D eigenvalue weighted by atomic mass is 32.2. The van der Waals surface area contributed by atoms with Crippen LogP contribution >= 0.6 is 0 Å². The van der Waals surface area contributed by atoms with Crippen LogP contribution in [-0.2, 0) is 21.4 Å². The van der Waals surface area contributed by atoms with Gasteiger partial charge in [-0.05, 0) is 48.7 Å². The molecule has 0 aliphatic carbocycles. The van der Waals surface area contributed by atoms with Crippen LogP contribution in [0.25, 0.3) is 0 Å². The number of sulfonamides is 1. The molecule has 0 spiro atoms. The number of amides is 3. The Morgan fingerprint density at radius 3 is 2.52 bits per heavy atom. The first-order valence-corrected chi connectivity index (χ1v) is 11.0. The van der Waals surface area contributed by atoms with Crippen LogP contribution in [0.3, 0.4) is 0 Å². The highest BCUT2D eigenvalue weighted by molar-refractivity contribution is 7.89. The van der Waals surface area contributed by atoms with E-state index in [9.17, 15) is 18.0 Å². The van der Waals surface area contributed by atoms with Crippen LogP contribution in [0, 0.1) is 0 Å². The Bertz CT molecular complexity index is 994. The smallest absolute Gasteiger partial charge is 0.319 e. The molecule has 0 unspecified atom stereocenters. The molecule has 31 heavy (non-hydrogen) atoms. The second kappa shape index (κ2) is 10.4. The average Bonchev–Trinajstić information content (AvgIpc) is 3.23. The van der Waals surface area contributed by atoms with Gasteiger partial charge in [0.2, 0.25) is 15.9 Å². The van der Waals surface area contributed by atoms with E-state index in [4.69, 9.17) is 0 Å². The summed E-state index contributed by atoms with van der Waals surface area (Å²) in [4.78, 5) is 29.9. The Kier molecular flexibility index (Phi) is 8.12. The molecule has 3 amide bonds. The minimum absolute atomic E-state index is 0. The molecule has 1 aliphatic rings. The third kappa shape index (κ3) is 5.80. The van der Waals surface area contributed by atoms with E-state index in [1.165, 1.54) is 33.5 Å². The van der Waals surface area contributed by atoms with Gasteiger partial charge in [0.15, 0.2) is 0 Å². The number of nitrogens with one attached hydrogen (secondary N) is 2. The number of benzene rings is 1. The van der Waals surface area contributed by atoms with Crippen molar-refractivity contribution in [1.29, 1.82) is 0 Å². The molecular weight excluding hydrogens is 418 g/mol. The van der Waals surface area contributed by atoms with Crippen molar-refractivity contribution in [1.82, 2.24) is 19.5 Å². The van der Waals surface area contributed by atoms with Crippen molar-refractivity contribution < 1.29 is 18.0 Å². The van der Waals surface area contributed by atoms with Gasteiger partial charge in [-0.2, -0.15) is 4.31 Å². The summed E-state index contributed by atoms with van der Waals surface area (Å²) in [6, 6.07) is 8.45. The van der Waals surface area contributed by atoms with Gasteiger partial charge >= 0.3 is 6.03 Å². The third-order valence-electron chi connectivity index (χ3n) is 4.82. The summed E-state index contributed by atoms with van der Waals surface area (Å²) in [5.41, 5.74) is 1.32. The molecule has 3 rings (SSSR count). The lowest BCUT2D eigenvalue weighted by Gasteiger charge is -2.25. The summed E-state index contributed by atoms with van der Waals surface area (Å²) in [5, 5.41) is 5.37. The molecule has 0 saturated carbocycles. The number of hydrogen-bond donors (Lipinski definition) is 2. The van der Waals surface area contributed by atoms with Gasteiger partial charge in [-0.3, -0.25) is 9.78 Å². The summed E-state index contributed by atoms with van der Waals surface area (Å²) < 4.78 is 27.3. The van der Waals surface area contributed by atoms with Gasteiger partial charge in [-0.25, -0.2) is 13.2 Å². The standard InChI is InChI=1S/C20H25N5O4S.CH4/c1-24(2)19(26)18-6-4-12-25(18)30(28,29)17-9-7-16(8-10-17)23-20(27)22-14-15-5-3-11-21-13-15;/h3,5,7-11,13,18H,4,6,12,14H2,1-2H3,(H2,22,23,27);1H4/t18-;/m0./s1. The van der Waals surface area contributed by atoms with Crippen LogP contribution in [-0.4, -0.2) is 61.2 Å². The van der Waals surface area contributed by atoms with Gasteiger partial charge in [-0.1, -0.05) is 13.5 Å². The molecule has 2 aromatic rings. The van der Waals surface area contributed by atoms with Crippen molar-refractivity contribution in [3.8, 4) is 0 Å². The quantitative estimate of drug-likeness (QED) is 0.706. The molecule has 1 aliphatic heterocycles. The van der Waals surface area contributed by atoms with E-state index in [1.54, 1.807) is 32.6 Å². The van der Waals surface area contributed by atoms with E-state index in [0.717, 1.165) is 5.56 Å². The normalized spacial score (nSPS) is 16.3. The van der Waals surface area contributed by atoms with E-state index >= 15 is 0 Å². The first-order chi connectivity index (χ1) is 14.3. The molecule has 1 saturated heterocycles. The second-order valence-electron chi connectivity index (χ2n) is 7.20. The van der Waals surface area contributed by atoms with Gasteiger partial charge in [-0.15, -0.1) is 0 Å².